The Hall–Kier alpha value is -0.980. The molecule has 0 bridgehead atoms. The van der Waals surface area contributed by atoms with E-state index in [2.05, 4.69) is 31.8 Å². The third kappa shape index (κ3) is 1.50. The van der Waals surface area contributed by atoms with Crippen molar-refractivity contribution in [2.24, 2.45) is 0 Å². The van der Waals surface area contributed by atoms with Crippen LogP contribution in [-0.2, 0) is 0 Å². The van der Waals surface area contributed by atoms with Gasteiger partial charge in [0.2, 0.25) is 5.75 Å². The van der Waals surface area contributed by atoms with Gasteiger partial charge in [0, 0.05) is 12.1 Å². The molecule has 10 heavy (non-hydrogen) atoms. The van der Waals surface area contributed by atoms with E-state index in [1.54, 1.807) is 0 Å². The van der Waals surface area contributed by atoms with Gasteiger partial charge in [0.25, 0.3) is 0 Å². The quantitative estimate of drug-likeness (QED) is 0.415. The van der Waals surface area contributed by atoms with E-state index in [0.717, 1.165) is 5.75 Å². The summed E-state index contributed by atoms with van der Waals surface area (Å²) in [4.78, 5) is 0. The van der Waals surface area contributed by atoms with Crippen molar-refractivity contribution < 1.29 is 4.74 Å². The average molecular weight is 136 g/mol. The fourth-order valence-corrected chi connectivity index (χ4v) is 1.04. The fourth-order valence-electron chi connectivity index (χ4n) is 1.04. The number of rotatable bonds is 1. The zero-order valence-electron chi connectivity index (χ0n) is 6.39. The summed E-state index contributed by atoms with van der Waals surface area (Å²) in [7, 11) is 3.46. The minimum absolute atomic E-state index is 0.956. The maximum atomic E-state index is 3.84. The van der Waals surface area contributed by atoms with Crippen molar-refractivity contribution in [3.05, 3.63) is 36.4 Å². The van der Waals surface area contributed by atoms with Gasteiger partial charge in [0.1, 0.15) is 0 Å². The van der Waals surface area contributed by atoms with Gasteiger partial charge in [-0.1, -0.05) is 6.07 Å². The van der Waals surface area contributed by atoms with Crippen LogP contribution in [0.5, 0.6) is 5.75 Å². The maximum absolute atomic E-state index is 3.84. The first kappa shape index (κ1) is 7.13. The summed E-state index contributed by atoms with van der Waals surface area (Å²) >= 11 is 0. The molecule has 0 aromatic heterocycles. The number of aliphatic hydroxyl groups is 1. The van der Waals surface area contributed by atoms with Gasteiger partial charge in [-0.2, -0.15) is 0 Å². The second-order valence-corrected chi connectivity index (χ2v) is 2.50. The van der Waals surface area contributed by atoms with Gasteiger partial charge in [-0.05, 0) is 32.1 Å². The summed E-state index contributed by atoms with van der Waals surface area (Å²) in [6.45, 7) is 4.11. The molecule has 1 aromatic rings. The van der Waals surface area contributed by atoms with Crippen LogP contribution in [0.2, 0.25) is 0 Å². The molecule has 0 saturated heterocycles. The Morgan fingerprint density at radius 3 is 2.00 bits per heavy atom. The lowest BCUT2D eigenvalue weighted by Gasteiger charge is -2.04. The molecule has 1 N–H and O–H groups in total. The van der Waals surface area contributed by atoms with Crippen LogP contribution in [0.3, 0.4) is 0 Å². The van der Waals surface area contributed by atoms with Crippen molar-refractivity contribution in [1.29, 1.82) is 0 Å². The first-order chi connectivity index (χ1) is 4.72. The largest absolute Gasteiger partial charge is 0.722 e. The molecule has 1 aromatic carbocycles. The highest BCUT2D eigenvalue weighted by atomic mass is 16.5. The summed E-state index contributed by atoms with van der Waals surface area (Å²) in [5.74, 6) is 0.956. The highest BCUT2D eigenvalue weighted by molar-refractivity contribution is 5.32. The van der Waals surface area contributed by atoms with E-state index < -0.39 is 0 Å². The van der Waals surface area contributed by atoms with Crippen molar-refractivity contribution in [2.45, 2.75) is 13.8 Å². The van der Waals surface area contributed by atoms with Gasteiger partial charge in [-0.15, -0.1) is 0 Å². The standard InChI is InChI=1S/C9H12O/c1-7-4-8(2)6-9(5-7)10-3/h4-6,10H,3H2,1-2H3. The molecule has 0 atom stereocenters. The summed E-state index contributed by atoms with van der Waals surface area (Å²) in [5, 5.41) is 0. The summed E-state index contributed by atoms with van der Waals surface area (Å²) in [6, 6.07) is 6.15. The number of hydrogen-bond donors (Lipinski definition) is 0. The van der Waals surface area contributed by atoms with E-state index in [-0.39, 0.29) is 0 Å². The molecule has 0 heterocycles. The lowest BCUT2D eigenvalue weighted by Crippen LogP contribution is -1.79. The van der Waals surface area contributed by atoms with Gasteiger partial charge >= 0.3 is 0 Å². The van der Waals surface area contributed by atoms with Crippen molar-refractivity contribution >= 4 is 0 Å². The van der Waals surface area contributed by atoms with Crippen molar-refractivity contribution in [1.82, 2.24) is 0 Å². The maximum Gasteiger partial charge on any atom is 0.226 e. The molecule has 1 heteroatoms. The van der Waals surface area contributed by atoms with Crippen LogP contribution in [0, 0.1) is 21.0 Å². The fraction of sp³-hybridized carbons (Fsp3) is 0.222. The van der Waals surface area contributed by atoms with E-state index in [9.17, 15) is 0 Å². The predicted octanol–water partition coefficient (Wildman–Crippen LogP) is 2.34. The molecular weight excluding hydrogens is 124 g/mol. The SMILES string of the molecule is [CH2-][OH+]c1cc(C)cc(C)c1. The van der Waals surface area contributed by atoms with Crippen molar-refractivity contribution in [2.75, 3.05) is 0 Å². The number of aryl methyl sites for hydroxylation is 2. The number of ether oxygens (including phenoxy) is 1. The molecule has 0 aliphatic rings. The van der Waals surface area contributed by atoms with Gasteiger partial charge in [0.15, 0.2) is 0 Å². The minimum Gasteiger partial charge on any atom is -0.722 e. The third-order valence-corrected chi connectivity index (χ3v) is 1.39. The Balaban J connectivity index is 3.06. The van der Waals surface area contributed by atoms with Gasteiger partial charge in [-0.3, -0.25) is 0 Å². The predicted molar refractivity (Wildman–Crippen MR) is 42.9 cm³/mol. The lowest BCUT2D eigenvalue weighted by atomic mass is 10.1. The highest BCUT2D eigenvalue weighted by Gasteiger charge is 1.94. The van der Waals surface area contributed by atoms with E-state index in [1.807, 2.05) is 12.1 Å². The molecule has 1 rings (SSSR count). The molecule has 0 fully saturated rings. The normalized spacial score (nSPS) is 9.50. The minimum atomic E-state index is 0.956. The van der Waals surface area contributed by atoms with E-state index in [1.165, 1.54) is 11.1 Å². The molecular formula is C9H12O. The van der Waals surface area contributed by atoms with Crippen LogP contribution in [-0.4, -0.2) is 4.74 Å². The van der Waals surface area contributed by atoms with Crippen LogP contribution < -0.4 is 0 Å². The summed E-state index contributed by atoms with van der Waals surface area (Å²) in [6.07, 6.45) is 0. The summed E-state index contributed by atoms with van der Waals surface area (Å²) < 4.78 is 3.84. The summed E-state index contributed by atoms with van der Waals surface area (Å²) in [5.41, 5.74) is 2.48. The molecule has 0 spiro atoms. The number of aromatic hydroxyl groups is 1. The Labute approximate surface area is 61.6 Å². The molecule has 0 aliphatic carbocycles. The van der Waals surface area contributed by atoms with Crippen LogP contribution in [0.1, 0.15) is 11.1 Å². The van der Waals surface area contributed by atoms with Crippen LogP contribution >= 0.6 is 0 Å². The van der Waals surface area contributed by atoms with Gasteiger partial charge in [0.05, 0.1) is 0 Å². The van der Waals surface area contributed by atoms with Crippen molar-refractivity contribution in [3.8, 4) is 5.75 Å². The first-order valence-electron chi connectivity index (χ1n) is 3.27. The van der Waals surface area contributed by atoms with E-state index in [4.69, 9.17) is 0 Å². The number of benzene rings is 1. The zero-order valence-corrected chi connectivity index (χ0v) is 6.39. The Bertz CT molecular complexity index is 208. The van der Waals surface area contributed by atoms with E-state index >= 15 is 0 Å². The van der Waals surface area contributed by atoms with E-state index in [0.29, 0.717) is 0 Å². The Kier molecular flexibility index (Phi) is 1.95. The molecule has 0 amide bonds. The van der Waals surface area contributed by atoms with Crippen molar-refractivity contribution in [3.63, 3.8) is 0 Å². The number of hydrogen-bond acceptors (Lipinski definition) is 0. The second-order valence-electron chi connectivity index (χ2n) is 2.50. The smallest absolute Gasteiger partial charge is 0.226 e. The highest BCUT2D eigenvalue weighted by Crippen LogP contribution is 2.16. The van der Waals surface area contributed by atoms with Crippen LogP contribution in [0.4, 0.5) is 0 Å². The van der Waals surface area contributed by atoms with Crippen LogP contribution in [0.25, 0.3) is 0 Å². The van der Waals surface area contributed by atoms with Gasteiger partial charge < -0.3 is 4.74 Å². The topological polar surface area (TPSA) is 12.8 Å². The molecule has 0 aliphatic heterocycles. The third-order valence-electron chi connectivity index (χ3n) is 1.39. The van der Waals surface area contributed by atoms with Gasteiger partial charge in [-0.25, -0.2) is 0 Å². The average Bonchev–Trinajstić information content (AvgIpc) is 1.85. The molecule has 1 nitrogen and oxygen atoms in total. The monoisotopic (exact) mass is 136 g/mol. The first-order valence-corrected chi connectivity index (χ1v) is 3.27. The lowest BCUT2D eigenvalue weighted by molar-refractivity contribution is 0.185. The zero-order chi connectivity index (χ0) is 7.56. The molecule has 0 saturated carbocycles. The molecule has 54 valence electrons. The molecule has 0 unspecified atom stereocenters. The molecule has 0 radical (unpaired) electrons. The Morgan fingerprint density at radius 2 is 1.60 bits per heavy atom. The second kappa shape index (κ2) is 2.74. The Morgan fingerprint density at radius 1 is 1.10 bits per heavy atom. The van der Waals surface area contributed by atoms with Crippen LogP contribution in [0.15, 0.2) is 18.2 Å².